The Hall–Kier alpha value is -3.81. The van der Waals surface area contributed by atoms with E-state index in [1.165, 1.54) is 5.56 Å². The van der Waals surface area contributed by atoms with E-state index in [9.17, 15) is 14.4 Å². The van der Waals surface area contributed by atoms with Crippen molar-refractivity contribution in [2.24, 2.45) is 0 Å². The number of hydrogen-bond donors (Lipinski definition) is 2. The van der Waals surface area contributed by atoms with E-state index in [1.54, 1.807) is 44.4 Å². The molecule has 0 saturated heterocycles. The Balaban J connectivity index is 1.60. The number of hydrogen-bond acceptors (Lipinski definition) is 6. The summed E-state index contributed by atoms with van der Waals surface area (Å²) < 4.78 is 15.9. The maximum absolute atomic E-state index is 12.8. The van der Waals surface area contributed by atoms with Crippen LogP contribution >= 0.6 is 0 Å². The largest absolute Gasteiger partial charge is 0.497 e. The first-order valence-corrected chi connectivity index (χ1v) is 10.9. The van der Waals surface area contributed by atoms with Crippen LogP contribution in [0.3, 0.4) is 0 Å². The van der Waals surface area contributed by atoms with Gasteiger partial charge in [0.15, 0.2) is 0 Å². The third-order valence-electron chi connectivity index (χ3n) is 5.78. The summed E-state index contributed by atoms with van der Waals surface area (Å²) in [6, 6.07) is 11.3. The summed E-state index contributed by atoms with van der Waals surface area (Å²) in [5.74, 6) is -0.479. The van der Waals surface area contributed by atoms with Crippen molar-refractivity contribution in [3.05, 3.63) is 76.0 Å². The lowest BCUT2D eigenvalue weighted by Gasteiger charge is -2.29. The van der Waals surface area contributed by atoms with Gasteiger partial charge in [0.2, 0.25) is 0 Å². The van der Waals surface area contributed by atoms with Crippen molar-refractivity contribution >= 4 is 18.0 Å². The first-order valence-electron chi connectivity index (χ1n) is 10.9. The van der Waals surface area contributed by atoms with Gasteiger partial charge in [-0.3, -0.25) is 0 Å². The summed E-state index contributed by atoms with van der Waals surface area (Å²) in [7, 11) is 1.55. The van der Waals surface area contributed by atoms with E-state index in [-0.39, 0.29) is 24.5 Å². The van der Waals surface area contributed by atoms with Crippen molar-refractivity contribution < 1.29 is 28.6 Å². The Morgan fingerprint density at radius 2 is 1.76 bits per heavy atom. The monoisotopic (exact) mass is 450 g/mol. The molecule has 8 heteroatoms. The number of fused-ring (bicyclic) bond motifs is 1. The maximum atomic E-state index is 12.8. The average molecular weight is 450 g/mol. The molecule has 0 radical (unpaired) electrons. The van der Waals surface area contributed by atoms with E-state index < -0.39 is 24.0 Å². The molecule has 2 aromatic carbocycles. The van der Waals surface area contributed by atoms with Crippen LogP contribution in [0.15, 0.2) is 53.7 Å². The van der Waals surface area contributed by atoms with Crippen molar-refractivity contribution in [2.45, 2.75) is 32.2 Å². The summed E-state index contributed by atoms with van der Waals surface area (Å²) >= 11 is 0. The summed E-state index contributed by atoms with van der Waals surface area (Å²) in [5, 5.41) is 5.35. The number of carbonyl (C=O) groups is 3. The van der Waals surface area contributed by atoms with Crippen LogP contribution in [0.5, 0.6) is 5.75 Å². The molecule has 33 heavy (non-hydrogen) atoms. The van der Waals surface area contributed by atoms with Crippen molar-refractivity contribution in [2.75, 3.05) is 20.3 Å². The number of amides is 2. The van der Waals surface area contributed by atoms with Crippen LogP contribution in [0, 0.1) is 0 Å². The second-order valence-corrected chi connectivity index (χ2v) is 7.83. The van der Waals surface area contributed by atoms with E-state index in [2.05, 4.69) is 10.6 Å². The molecule has 0 bridgehead atoms. The lowest BCUT2D eigenvalue weighted by molar-refractivity contribution is -0.139. The molecule has 0 saturated carbocycles. The van der Waals surface area contributed by atoms with Gasteiger partial charge in [0.05, 0.1) is 36.6 Å². The second kappa shape index (κ2) is 9.77. The Kier molecular flexibility index (Phi) is 6.63. The van der Waals surface area contributed by atoms with Gasteiger partial charge in [-0.2, -0.15) is 0 Å². The maximum Gasteiger partial charge on any atom is 0.338 e. The van der Waals surface area contributed by atoms with Gasteiger partial charge >= 0.3 is 18.0 Å². The van der Waals surface area contributed by atoms with Gasteiger partial charge in [0, 0.05) is 0 Å². The molecule has 0 fully saturated rings. The number of benzene rings is 2. The van der Waals surface area contributed by atoms with Gasteiger partial charge in [0.1, 0.15) is 12.4 Å². The minimum atomic E-state index is -0.766. The highest BCUT2D eigenvalue weighted by molar-refractivity contribution is 5.95. The Bertz CT molecular complexity index is 1110. The summed E-state index contributed by atoms with van der Waals surface area (Å²) in [6.07, 6.45) is 3.04. The lowest BCUT2D eigenvalue weighted by Crippen LogP contribution is -2.47. The zero-order chi connectivity index (χ0) is 23.4. The first-order chi connectivity index (χ1) is 16.0. The van der Waals surface area contributed by atoms with E-state index >= 15 is 0 Å². The Morgan fingerprint density at radius 1 is 1.00 bits per heavy atom. The fraction of sp³-hybridized carbons (Fsp3) is 0.320. The topological polar surface area (TPSA) is 103 Å². The molecule has 2 amide bonds. The standard InChI is InChI=1S/C25H26N2O6/c1-3-32-24(29)21-20(14-33-23(28)18-8-7-15-5-4-6-17(15)13-18)26-25(30)27-22(21)16-9-11-19(31-2)12-10-16/h7-13,22H,3-6,14H2,1-2H3,(H2,26,27,30). The number of nitrogens with one attached hydrogen (secondary N) is 2. The number of methoxy groups -OCH3 is 1. The van der Waals surface area contributed by atoms with Crippen LogP contribution in [0.2, 0.25) is 0 Å². The second-order valence-electron chi connectivity index (χ2n) is 7.83. The highest BCUT2D eigenvalue weighted by atomic mass is 16.5. The minimum Gasteiger partial charge on any atom is -0.497 e. The van der Waals surface area contributed by atoms with Crippen LogP contribution in [-0.2, 0) is 27.1 Å². The molecule has 1 aliphatic carbocycles. The van der Waals surface area contributed by atoms with Crippen molar-refractivity contribution in [1.29, 1.82) is 0 Å². The summed E-state index contributed by atoms with van der Waals surface area (Å²) in [5.41, 5.74) is 3.89. The highest BCUT2D eigenvalue weighted by Gasteiger charge is 2.34. The van der Waals surface area contributed by atoms with Gasteiger partial charge < -0.3 is 24.8 Å². The molecule has 8 nitrogen and oxygen atoms in total. The Morgan fingerprint density at radius 3 is 2.48 bits per heavy atom. The third-order valence-corrected chi connectivity index (χ3v) is 5.78. The van der Waals surface area contributed by atoms with Gasteiger partial charge in [-0.25, -0.2) is 14.4 Å². The molecule has 2 aromatic rings. The molecule has 0 spiro atoms. The number of rotatable bonds is 7. The van der Waals surface area contributed by atoms with Crippen LogP contribution in [0.1, 0.15) is 46.4 Å². The highest BCUT2D eigenvalue weighted by Crippen LogP contribution is 2.29. The van der Waals surface area contributed by atoms with Gasteiger partial charge in [-0.05, 0) is 67.1 Å². The van der Waals surface area contributed by atoms with Crippen molar-refractivity contribution in [1.82, 2.24) is 10.6 Å². The summed E-state index contributed by atoms with van der Waals surface area (Å²) in [4.78, 5) is 37.9. The van der Waals surface area contributed by atoms with Crippen molar-refractivity contribution in [3.63, 3.8) is 0 Å². The van der Waals surface area contributed by atoms with E-state index in [1.807, 2.05) is 12.1 Å². The lowest BCUT2D eigenvalue weighted by atomic mass is 9.95. The van der Waals surface area contributed by atoms with Crippen LogP contribution in [0.25, 0.3) is 0 Å². The van der Waals surface area contributed by atoms with Gasteiger partial charge in [-0.15, -0.1) is 0 Å². The molecule has 1 atom stereocenters. The Labute approximate surface area is 191 Å². The van der Waals surface area contributed by atoms with Crippen LogP contribution in [0.4, 0.5) is 4.79 Å². The fourth-order valence-corrected chi connectivity index (χ4v) is 4.15. The molecule has 1 unspecified atom stereocenters. The number of esters is 2. The van der Waals surface area contributed by atoms with Crippen LogP contribution in [-0.4, -0.2) is 38.3 Å². The first kappa shape index (κ1) is 22.4. The molecule has 1 heterocycles. The molecule has 1 aliphatic heterocycles. The molecular formula is C25H26N2O6. The zero-order valence-corrected chi connectivity index (χ0v) is 18.6. The molecule has 4 rings (SSSR count). The summed E-state index contributed by atoms with van der Waals surface area (Å²) in [6.45, 7) is 1.58. The number of carbonyl (C=O) groups excluding carboxylic acids is 3. The fourth-order valence-electron chi connectivity index (χ4n) is 4.15. The average Bonchev–Trinajstić information content (AvgIpc) is 3.30. The molecular weight excluding hydrogens is 424 g/mol. The van der Waals surface area contributed by atoms with E-state index in [0.717, 1.165) is 24.8 Å². The smallest absolute Gasteiger partial charge is 0.338 e. The predicted molar refractivity (Wildman–Crippen MR) is 120 cm³/mol. The number of aryl methyl sites for hydroxylation is 2. The number of ether oxygens (including phenoxy) is 3. The molecule has 172 valence electrons. The third kappa shape index (κ3) is 4.84. The molecule has 0 aromatic heterocycles. The van der Waals surface area contributed by atoms with Crippen molar-refractivity contribution in [3.8, 4) is 5.75 Å². The normalized spacial score (nSPS) is 17.0. The van der Waals surface area contributed by atoms with Crippen LogP contribution < -0.4 is 15.4 Å². The zero-order valence-electron chi connectivity index (χ0n) is 18.6. The van der Waals surface area contributed by atoms with Gasteiger partial charge in [-0.1, -0.05) is 18.2 Å². The quantitative estimate of drug-likeness (QED) is 0.628. The minimum absolute atomic E-state index is 0.161. The molecule has 2 aliphatic rings. The van der Waals surface area contributed by atoms with E-state index in [0.29, 0.717) is 16.9 Å². The SMILES string of the molecule is CCOC(=O)C1=C(COC(=O)c2ccc3c(c2)CCC3)NC(=O)NC1c1ccc(OC)cc1. The van der Waals surface area contributed by atoms with Gasteiger partial charge in [0.25, 0.3) is 0 Å². The molecule has 2 N–H and O–H groups in total. The predicted octanol–water partition coefficient (Wildman–Crippen LogP) is 3.21. The van der Waals surface area contributed by atoms with E-state index in [4.69, 9.17) is 14.2 Å². The number of urea groups is 1.